The topological polar surface area (TPSA) is 100 Å². The van der Waals surface area contributed by atoms with Crippen molar-refractivity contribution in [2.24, 2.45) is 0 Å². The highest BCUT2D eigenvalue weighted by Gasteiger charge is 2.51. The van der Waals surface area contributed by atoms with Gasteiger partial charge in [0.1, 0.15) is 24.1 Å². The number of rotatable bonds is 5. The average Bonchev–Trinajstić information content (AvgIpc) is 3.36. The fourth-order valence-corrected chi connectivity index (χ4v) is 4.18. The Morgan fingerprint density at radius 1 is 1.23 bits per heavy atom. The van der Waals surface area contributed by atoms with Gasteiger partial charge in [0, 0.05) is 31.6 Å². The van der Waals surface area contributed by atoms with Crippen LogP contribution >= 0.6 is 0 Å². The third-order valence-electron chi connectivity index (χ3n) is 5.77. The minimum absolute atomic E-state index is 0.0248. The lowest BCUT2D eigenvalue weighted by molar-refractivity contribution is -0.135. The van der Waals surface area contributed by atoms with Crippen LogP contribution in [0.2, 0.25) is 0 Å². The van der Waals surface area contributed by atoms with Crippen LogP contribution < -0.4 is 10.6 Å². The van der Waals surface area contributed by atoms with Crippen LogP contribution in [0.5, 0.6) is 0 Å². The molecule has 31 heavy (non-hydrogen) atoms. The fourth-order valence-electron chi connectivity index (χ4n) is 4.18. The van der Waals surface area contributed by atoms with Crippen LogP contribution in [0.25, 0.3) is 0 Å². The van der Waals surface area contributed by atoms with Gasteiger partial charge < -0.3 is 30.1 Å². The molecule has 0 aromatic heterocycles. The Balaban J connectivity index is 1.21. The monoisotopic (exact) mass is 443 g/mol. The second kappa shape index (κ2) is 8.64. The minimum atomic E-state index is -2.84. The lowest BCUT2D eigenvalue weighted by Crippen LogP contribution is -2.42. The van der Waals surface area contributed by atoms with Gasteiger partial charge in [-0.15, -0.1) is 0 Å². The quantitative estimate of drug-likeness (QED) is 0.641. The van der Waals surface area contributed by atoms with Crippen LogP contribution in [0, 0.1) is 5.82 Å². The largest absolute Gasteiger partial charge is 0.388 e. The van der Waals surface area contributed by atoms with Gasteiger partial charge in [0.15, 0.2) is 0 Å². The number of carbonyl (C=O) groups is 2. The van der Waals surface area contributed by atoms with E-state index >= 15 is 0 Å². The number of urea groups is 1. The number of aliphatic hydroxyl groups excluding tert-OH is 1. The van der Waals surface area contributed by atoms with Crippen LogP contribution in [0.15, 0.2) is 24.3 Å². The Hall–Kier alpha value is -2.37. The zero-order valence-corrected chi connectivity index (χ0v) is 16.6. The maximum absolute atomic E-state index is 13.3. The average molecular weight is 443 g/mol. The summed E-state index contributed by atoms with van der Waals surface area (Å²) in [6.45, 7) is -0.520. The summed E-state index contributed by atoms with van der Waals surface area (Å²) in [7, 11) is 0. The van der Waals surface area contributed by atoms with E-state index in [0.717, 1.165) is 4.90 Å². The molecule has 3 fully saturated rings. The number of aliphatic hydroxyl groups is 1. The molecule has 3 aliphatic rings. The lowest BCUT2D eigenvalue weighted by Gasteiger charge is -2.22. The van der Waals surface area contributed by atoms with E-state index in [0.29, 0.717) is 12.1 Å². The summed E-state index contributed by atoms with van der Waals surface area (Å²) in [5.74, 6) is -3.66. The van der Waals surface area contributed by atoms with Crippen LogP contribution in [0.1, 0.15) is 19.3 Å². The second-order valence-corrected chi connectivity index (χ2v) is 8.13. The number of carbonyl (C=O) groups excluding carboxylic acids is 2. The molecule has 3 aliphatic heterocycles. The van der Waals surface area contributed by atoms with Gasteiger partial charge in [-0.25, -0.2) is 18.0 Å². The fraction of sp³-hybridized carbons (Fsp3) is 0.600. The molecule has 3 saturated heterocycles. The van der Waals surface area contributed by atoms with E-state index in [1.807, 2.05) is 0 Å². The molecule has 8 nitrogen and oxygen atoms in total. The summed E-state index contributed by atoms with van der Waals surface area (Å²) >= 11 is 0. The Morgan fingerprint density at radius 2 is 1.97 bits per heavy atom. The van der Waals surface area contributed by atoms with Crippen molar-refractivity contribution in [2.45, 2.75) is 55.7 Å². The van der Waals surface area contributed by atoms with Gasteiger partial charge in [-0.1, -0.05) is 0 Å². The normalized spacial score (nSPS) is 31.5. The Morgan fingerprint density at radius 3 is 2.61 bits per heavy atom. The van der Waals surface area contributed by atoms with Crippen LogP contribution in [0.4, 0.5) is 23.7 Å². The number of alkyl halides is 2. The van der Waals surface area contributed by atoms with E-state index in [1.165, 1.54) is 24.3 Å². The first kappa shape index (κ1) is 21.8. The summed E-state index contributed by atoms with van der Waals surface area (Å²) in [5.41, 5.74) is 0.412. The first-order chi connectivity index (χ1) is 14.7. The van der Waals surface area contributed by atoms with E-state index in [-0.39, 0.29) is 25.9 Å². The number of hydrogen-bond donors (Lipinski definition) is 3. The number of likely N-dealkylation sites (tertiary alicyclic amines) is 1. The first-order valence-electron chi connectivity index (χ1n) is 10.2. The molecule has 0 saturated carbocycles. The molecule has 5 atom stereocenters. The Labute approximate surface area is 176 Å². The molecular formula is C20H24F3N3O5. The van der Waals surface area contributed by atoms with Crippen molar-refractivity contribution in [3.63, 3.8) is 0 Å². The van der Waals surface area contributed by atoms with Gasteiger partial charge in [0.05, 0.1) is 25.2 Å². The number of nitrogens with one attached hydrogen (secondary N) is 2. The molecule has 0 unspecified atom stereocenters. The van der Waals surface area contributed by atoms with Gasteiger partial charge in [-0.05, 0) is 24.3 Å². The highest BCUT2D eigenvalue weighted by Crippen LogP contribution is 2.36. The number of anilines is 1. The molecule has 0 bridgehead atoms. The molecule has 0 spiro atoms. The molecule has 0 aliphatic carbocycles. The van der Waals surface area contributed by atoms with Crippen LogP contribution in [-0.4, -0.2) is 78.0 Å². The number of ether oxygens (including phenoxy) is 2. The number of benzene rings is 1. The second-order valence-electron chi connectivity index (χ2n) is 8.13. The Kier molecular flexibility index (Phi) is 6.09. The third kappa shape index (κ3) is 5.10. The Bertz CT molecular complexity index is 825. The van der Waals surface area contributed by atoms with E-state index in [9.17, 15) is 27.9 Å². The standard InChI is InChI=1S/C20H24F3N3O5/c21-11-1-3-12(4-2-11)25-19(29)24-9-15-17(28)18-14(31-15)7-13(30-18)8-16(27)26-6-5-20(22,23)10-26/h1-4,13-15,17-18,28H,5-10H2,(H2,24,25,29)/t13-,14+,15+,17+,18-/m0/s1. The first-order valence-corrected chi connectivity index (χ1v) is 10.2. The number of fused-ring (bicyclic) bond motifs is 1. The van der Waals surface area contributed by atoms with Gasteiger partial charge in [0.2, 0.25) is 5.91 Å². The summed E-state index contributed by atoms with van der Waals surface area (Å²) in [6.07, 6.45) is -3.32. The number of amides is 3. The maximum atomic E-state index is 13.3. The SMILES string of the molecule is O=C(NC[C@H]1O[C@@H]2C[C@@H](CC(=O)N3CCC(F)(F)C3)O[C@@H]2[C@@H]1O)Nc1ccc(F)cc1. The van der Waals surface area contributed by atoms with Crippen molar-refractivity contribution in [1.82, 2.24) is 10.2 Å². The van der Waals surface area contributed by atoms with Gasteiger partial charge in [0.25, 0.3) is 5.92 Å². The predicted octanol–water partition coefficient (Wildman–Crippen LogP) is 1.49. The van der Waals surface area contributed by atoms with E-state index in [1.54, 1.807) is 0 Å². The van der Waals surface area contributed by atoms with E-state index < -0.39 is 60.7 Å². The predicted molar refractivity (Wildman–Crippen MR) is 102 cm³/mol. The van der Waals surface area contributed by atoms with Gasteiger partial charge in [-0.2, -0.15) is 0 Å². The van der Waals surface area contributed by atoms with Crippen molar-refractivity contribution >= 4 is 17.6 Å². The summed E-state index contributed by atoms with van der Waals surface area (Å²) in [6, 6.07) is 4.73. The van der Waals surface area contributed by atoms with Crippen LogP contribution in [0.3, 0.4) is 0 Å². The molecular weight excluding hydrogens is 419 g/mol. The maximum Gasteiger partial charge on any atom is 0.319 e. The smallest absolute Gasteiger partial charge is 0.319 e. The van der Waals surface area contributed by atoms with Crippen molar-refractivity contribution in [3.8, 4) is 0 Å². The summed E-state index contributed by atoms with van der Waals surface area (Å²) < 4.78 is 51.0. The molecule has 11 heteroatoms. The third-order valence-corrected chi connectivity index (χ3v) is 5.77. The van der Waals surface area contributed by atoms with Crippen molar-refractivity contribution in [2.75, 3.05) is 25.0 Å². The molecule has 3 N–H and O–H groups in total. The molecule has 3 amide bonds. The molecule has 3 heterocycles. The summed E-state index contributed by atoms with van der Waals surface area (Å²) in [5, 5.41) is 15.6. The highest BCUT2D eigenvalue weighted by molar-refractivity contribution is 5.89. The molecule has 4 rings (SSSR count). The zero-order chi connectivity index (χ0) is 22.2. The molecule has 170 valence electrons. The van der Waals surface area contributed by atoms with E-state index in [4.69, 9.17) is 9.47 Å². The zero-order valence-electron chi connectivity index (χ0n) is 16.6. The summed E-state index contributed by atoms with van der Waals surface area (Å²) in [4.78, 5) is 25.3. The molecule has 1 aromatic carbocycles. The molecule has 1 aromatic rings. The molecule has 0 radical (unpaired) electrons. The van der Waals surface area contributed by atoms with Gasteiger partial charge in [-0.3, -0.25) is 4.79 Å². The highest BCUT2D eigenvalue weighted by atomic mass is 19.3. The van der Waals surface area contributed by atoms with Crippen molar-refractivity contribution in [1.29, 1.82) is 0 Å². The van der Waals surface area contributed by atoms with E-state index in [2.05, 4.69) is 10.6 Å². The number of nitrogens with zero attached hydrogens (tertiary/aromatic N) is 1. The van der Waals surface area contributed by atoms with Crippen molar-refractivity contribution < 1.29 is 37.3 Å². The lowest BCUT2D eigenvalue weighted by atomic mass is 10.1. The minimum Gasteiger partial charge on any atom is -0.388 e. The number of halogens is 3. The van der Waals surface area contributed by atoms with Crippen LogP contribution in [-0.2, 0) is 14.3 Å². The number of hydrogen-bond acceptors (Lipinski definition) is 5. The van der Waals surface area contributed by atoms with Crippen molar-refractivity contribution in [3.05, 3.63) is 30.1 Å². The van der Waals surface area contributed by atoms with Gasteiger partial charge >= 0.3 is 6.03 Å².